The predicted octanol–water partition coefficient (Wildman–Crippen LogP) is 1.30. The lowest BCUT2D eigenvalue weighted by Crippen LogP contribution is -2.56. The van der Waals surface area contributed by atoms with E-state index >= 15 is 0 Å². The van der Waals surface area contributed by atoms with Gasteiger partial charge in [0.15, 0.2) is 9.76 Å². The molecule has 0 atom stereocenters. The molecular weight excluding hydrogens is 244 g/mol. The highest BCUT2D eigenvalue weighted by Gasteiger charge is 2.27. The van der Waals surface area contributed by atoms with Gasteiger partial charge in [-0.2, -0.15) is 0 Å². The Morgan fingerprint density at radius 3 is 2.00 bits per heavy atom. The number of nitrogens with zero attached hydrogens (tertiary/aromatic N) is 2. The molecule has 0 amide bonds. The molecule has 0 unspecified atom stereocenters. The van der Waals surface area contributed by atoms with Crippen LogP contribution in [0.15, 0.2) is 0 Å². The lowest BCUT2D eigenvalue weighted by molar-refractivity contribution is 0.127. The van der Waals surface area contributed by atoms with E-state index in [4.69, 9.17) is 4.43 Å². The summed E-state index contributed by atoms with van der Waals surface area (Å²) in [4.78, 5) is 2.59. The molecule has 17 heavy (non-hydrogen) atoms. The Hall–Kier alpha value is 0.314. The molecule has 0 radical (unpaired) electrons. The second-order valence-corrected chi connectivity index (χ2v) is 13.1. The monoisotopic (exact) mass is 274 g/mol. The number of rotatable bonds is 4. The largest absolute Gasteiger partial charge is 0.418 e. The Bertz CT molecular complexity index is 225. The van der Waals surface area contributed by atoms with Gasteiger partial charge in [0.25, 0.3) is 0 Å². The summed E-state index contributed by atoms with van der Waals surface area (Å²) in [6.07, 6.45) is 1.22. The van der Waals surface area contributed by atoms with Gasteiger partial charge in [-0.15, -0.1) is 0 Å². The first kappa shape index (κ1) is 15.4. The van der Waals surface area contributed by atoms with Crippen molar-refractivity contribution in [1.29, 1.82) is 0 Å². The van der Waals surface area contributed by atoms with Crippen LogP contribution in [0.25, 0.3) is 0 Å². The molecule has 5 heteroatoms. The van der Waals surface area contributed by atoms with Crippen LogP contribution in [0, 0.1) is 0 Å². The third-order valence-corrected chi connectivity index (χ3v) is 7.49. The highest BCUT2D eigenvalue weighted by Crippen LogP contribution is 2.12. The van der Waals surface area contributed by atoms with Crippen molar-refractivity contribution < 1.29 is 4.43 Å². The molecule has 0 aromatic carbocycles. The average molecular weight is 275 g/mol. The van der Waals surface area contributed by atoms with E-state index in [-0.39, 0.29) is 15.4 Å². The van der Waals surface area contributed by atoms with Crippen LogP contribution in [-0.2, 0) is 4.43 Å². The summed E-state index contributed by atoms with van der Waals surface area (Å²) in [5, 5.41) is 0. The number of hydrogen-bond donors (Lipinski definition) is 0. The molecule has 102 valence electrons. The Balaban J connectivity index is 2.20. The van der Waals surface area contributed by atoms with Gasteiger partial charge in [0, 0.05) is 37.9 Å². The maximum Gasteiger partial charge on any atom is 0.176 e. The van der Waals surface area contributed by atoms with Crippen molar-refractivity contribution in [3.05, 3.63) is 0 Å². The van der Waals surface area contributed by atoms with Gasteiger partial charge < -0.3 is 13.9 Å². The van der Waals surface area contributed by atoms with E-state index in [1.807, 2.05) is 0 Å². The van der Waals surface area contributed by atoms with Gasteiger partial charge in [0.2, 0.25) is 0 Å². The van der Waals surface area contributed by atoms with Crippen LogP contribution in [0.1, 0.15) is 20.8 Å². The first-order valence-corrected chi connectivity index (χ1v) is 11.8. The Labute approximate surface area is 111 Å². The van der Waals surface area contributed by atoms with Crippen LogP contribution in [0.3, 0.4) is 0 Å². The van der Waals surface area contributed by atoms with Gasteiger partial charge in [-0.25, -0.2) is 0 Å². The van der Waals surface area contributed by atoms with Crippen molar-refractivity contribution in [2.24, 2.45) is 0 Å². The van der Waals surface area contributed by atoms with E-state index in [2.05, 4.69) is 49.9 Å². The maximum atomic E-state index is 5.92. The molecule has 0 aromatic heterocycles. The summed E-state index contributed by atoms with van der Waals surface area (Å²) in [5.74, 6) is 0. The Kier molecular flexibility index (Phi) is 5.40. The molecule has 0 spiro atoms. The summed E-state index contributed by atoms with van der Waals surface area (Å²) in [6, 6.07) is 0. The van der Waals surface area contributed by atoms with Crippen LogP contribution >= 0.6 is 0 Å². The minimum atomic E-state index is -1.06. The highest BCUT2D eigenvalue weighted by molar-refractivity contribution is 6.73. The van der Waals surface area contributed by atoms with E-state index < -0.39 is 8.24 Å². The summed E-state index contributed by atoms with van der Waals surface area (Å²) in [7, 11) is -1.43. The molecule has 1 saturated heterocycles. The number of hydrogen-bond acceptors (Lipinski definition) is 3. The summed E-state index contributed by atoms with van der Waals surface area (Å²) in [6.45, 7) is 18.8. The van der Waals surface area contributed by atoms with Crippen LogP contribution in [-0.4, -0.2) is 65.4 Å². The van der Waals surface area contributed by atoms with Gasteiger partial charge in [-0.05, 0) is 20.8 Å². The summed E-state index contributed by atoms with van der Waals surface area (Å²) < 4.78 is 8.64. The molecule has 3 nitrogen and oxygen atoms in total. The fourth-order valence-electron chi connectivity index (χ4n) is 2.12. The van der Waals surface area contributed by atoms with E-state index in [0.29, 0.717) is 0 Å². The summed E-state index contributed by atoms with van der Waals surface area (Å²) >= 11 is 0. The predicted molar refractivity (Wildman–Crippen MR) is 80.7 cm³/mol. The van der Waals surface area contributed by atoms with Crippen LogP contribution in [0.2, 0.25) is 19.6 Å². The first-order valence-electron chi connectivity index (χ1n) is 6.80. The van der Waals surface area contributed by atoms with E-state index in [9.17, 15) is 0 Å². The third-order valence-electron chi connectivity index (χ3n) is 3.26. The van der Waals surface area contributed by atoms with Crippen molar-refractivity contribution in [2.45, 2.75) is 46.0 Å². The molecule has 1 rings (SSSR count). The van der Waals surface area contributed by atoms with Gasteiger partial charge in [0.05, 0.1) is 0 Å². The fraction of sp³-hybridized carbons (Fsp3) is 1.00. The van der Waals surface area contributed by atoms with Crippen LogP contribution in [0.4, 0.5) is 0 Å². The zero-order chi connectivity index (χ0) is 13.1. The number of piperazine rings is 1. The van der Waals surface area contributed by atoms with Gasteiger partial charge in [-0.1, -0.05) is 19.6 Å². The van der Waals surface area contributed by atoms with Crippen molar-refractivity contribution in [1.82, 2.24) is 9.47 Å². The lowest BCUT2D eigenvalue weighted by Gasteiger charge is -2.41. The molecule has 0 N–H and O–H groups in total. The van der Waals surface area contributed by atoms with Crippen molar-refractivity contribution in [3.63, 3.8) is 0 Å². The van der Waals surface area contributed by atoms with Crippen molar-refractivity contribution in [3.8, 4) is 0 Å². The van der Waals surface area contributed by atoms with E-state index in [1.54, 1.807) is 0 Å². The topological polar surface area (TPSA) is 15.7 Å². The van der Waals surface area contributed by atoms with E-state index in [1.165, 1.54) is 32.3 Å². The smallest absolute Gasteiger partial charge is 0.176 e. The zero-order valence-corrected chi connectivity index (χ0v) is 15.0. The highest BCUT2D eigenvalue weighted by atomic mass is 28.3. The van der Waals surface area contributed by atoms with Gasteiger partial charge in [0.1, 0.15) is 8.24 Å². The Morgan fingerprint density at radius 1 is 1.06 bits per heavy atom. The maximum absolute atomic E-state index is 5.92. The van der Waals surface area contributed by atoms with Gasteiger partial charge in [-0.3, -0.25) is 0 Å². The molecule has 1 aliphatic rings. The normalized spacial score (nSPS) is 21.5. The first-order chi connectivity index (χ1) is 7.68. The lowest BCUT2D eigenvalue weighted by atomic mass is 10.2. The second-order valence-electron chi connectivity index (χ2n) is 6.96. The van der Waals surface area contributed by atoms with Crippen LogP contribution < -0.4 is 0 Å². The Morgan fingerprint density at radius 2 is 1.59 bits per heavy atom. The van der Waals surface area contributed by atoms with Gasteiger partial charge >= 0.3 is 0 Å². The molecular formula is C12H30N2OSi2. The standard InChI is InChI=1S/C12H30N2OSi2/c1-12(2,3)15-16-11-13-7-9-14(10-8-13)17(4,5)6/h7-11,16H2,1-6H3. The van der Waals surface area contributed by atoms with Crippen LogP contribution in [0.5, 0.6) is 0 Å². The SMILES string of the molecule is CC(C)(C)O[SiH2]CN1CCN([Si](C)(C)C)CC1. The summed E-state index contributed by atoms with van der Waals surface area (Å²) in [5.41, 5.74) is 0.0619. The molecule has 1 heterocycles. The fourth-order valence-corrected chi connectivity index (χ4v) is 5.07. The zero-order valence-electron chi connectivity index (χ0n) is 12.5. The second kappa shape index (κ2) is 5.97. The molecule has 1 fully saturated rings. The quantitative estimate of drug-likeness (QED) is 0.719. The van der Waals surface area contributed by atoms with Crippen molar-refractivity contribution >= 4 is 18.0 Å². The molecule has 0 aliphatic carbocycles. The molecule has 0 bridgehead atoms. The molecule has 0 aromatic rings. The molecule has 0 saturated carbocycles. The minimum Gasteiger partial charge on any atom is -0.418 e. The van der Waals surface area contributed by atoms with Crippen molar-refractivity contribution in [2.75, 3.05) is 32.3 Å². The third kappa shape index (κ3) is 6.15. The van der Waals surface area contributed by atoms with E-state index in [0.717, 1.165) is 0 Å². The molecule has 1 aliphatic heterocycles. The minimum absolute atomic E-state index is 0.0619. The average Bonchev–Trinajstić information content (AvgIpc) is 2.15.